The zero-order valence-corrected chi connectivity index (χ0v) is 17.9. The van der Waals surface area contributed by atoms with Crippen molar-refractivity contribution in [2.45, 2.75) is 26.3 Å². The van der Waals surface area contributed by atoms with Crippen molar-refractivity contribution in [1.82, 2.24) is 9.55 Å². The summed E-state index contributed by atoms with van der Waals surface area (Å²) in [6.07, 6.45) is 1.52. The minimum Gasteiger partial charge on any atom is -0.315 e. The number of anilines is 1. The number of H-pyrrole nitrogens is 1. The Bertz CT molecular complexity index is 1230. The van der Waals surface area contributed by atoms with Gasteiger partial charge in [0.1, 0.15) is 5.82 Å². The van der Waals surface area contributed by atoms with Crippen LogP contribution in [-0.2, 0) is 22.6 Å². The topological polar surface area (TPSA) is 92.2 Å². The molecule has 0 bridgehead atoms. The van der Waals surface area contributed by atoms with E-state index in [4.69, 9.17) is 0 Å². The van der Waals surface area contributed by atoms with Crippen LogP contribution in [-0.4, -0.2) is 28.3 Å². The van der Waals surface area contributed by atoms with Crippen molar-refractivity contribution < 1.29 is 14.0 Å². The maximum atomic E-state index is 13.6. The summed E-state index contributed by atoms with van der Waals surface area (Å²) >= 11 is 0. The lowest BCUT2D eigenvalue weighted by molar-refractivity contribution is -0.127. The first kappa shape index (κ1) is 22.9. The Morgan fingerprint density at radius 2 is 1.81 bits per heavy atom. The highest BCUT2D eigenvalue weighted by Gasteiger charge is 2.26. The number of nitrogens with one attached hydrogen (secondary N) is 1. The average molecular weight is 437 g/mol. The number of Topliss-reactive ketones (excluding diaryl/α,β-unsaturated/α-hetero) is 1. The minimum atomic E-state index is -0.710. The summed E-state index contributed by atoms with van der Waals surface area (Å²) in [6.45, 7) is 1.27. The molecule has 166 valence electrons. The molecule has 1 amide bonds. The fourth-order valence-corrected chi connectivity index (χ4v) is 3.50. The molecule has 3 aromatic rings. The molecule has 1 aromatic heterocycles. The van der Waals surface area contributed by atoms with Crippen molar-refractivity contribution in [3.05, 3.63) is 98.6 Å². The van der Waals surface area contributed by atoms with Gasteiger partial charge in [0.25, 0.3) is 5.56 Å². The van der Waals surface area contributed by atoms with Gasteiger partial charge in [-0.25, -0.2) is 9.18 Å². The highest BCUT2D eigenvalue weighted by molar-refractivity contribution is 5.97. The molecule has 0 aliphatic heterocycles. The number of benzene rings is 2. The quantitative estimate of drug-likeness (QED) is 0.586. The fourth-order valence-electron chi connectivity index (χ4n) is 3.50. The normalized spacial score (nSPS) is 11.7. The number of halogens is 1. The monoisotopic (exact) mass is 437 g/mol. The lowest BCUT2D eigenvalue weighted by Gasteiger charge is -2.24. The molecular formula is C24H24FN3O4. The van der Waals surface area contributed by atoms with Gasteiger partial charge >= 0.3 is 5.69 Å². The summed E-state index contributed by atoms with van der Waals surface area (Å²) in [7, 11) is 1.54. The van der Waals surface area contributed by atoms with E-state index >= 15 is 0 Å². The van der Waals surface area contributed by atoms with Gasteiger partial charge in [-0.3, -0.25) is 23.9 Å². The fraction of sp³-hybridized carbons (Fsp3) is 0.250. The molecule has 0 saturated heterocycles. The number of hydrogen-bond donors (Lipinski definition) is 1. The molecule has 3 rings (SSSR count). The molecule has 0 spiro atoms. The van der Waals surface area contributed by atoms with Crippen LogP contribution in [0.2, 0.25) is 0 Å². The summed E-state index contributed by atoms with van der Waals surface area (Å²) in [4.78, 5) is 53.1. The van der Waals surface area contributed by atoms with E-state index in [0.29, 0.717) is 17.7 Å². The van der Waals surface area contributed by atoms with Crippen molar-refractivity contribution in [2.24, 2.45) is 5.92 Å². The van der Waals surface area contributed by atoms with Gasteiger partial charge in [0.05, 0.1) is 6.54 Å². The van der Waals surface area contributed by atoms with Gasteiger partial charge in [-0.2, -0.15) is 0 Å². The second-order valence-electron chi connectivity index (χ2n) is 7.71. The number of nitrogens with zero attached hydrogens (tertiary/aromatic N) is 2. The highest BCUT2D eigenvalue weighted by atomic mass is 19.1. The Kier molecular flexibility index (Phi) is 7.14. The smallest absolute Gasteiger partial charge is 0.315 e. The first-order valence-corrected chi connectivity index (χ1v) is 10.1. The van der Waals surface area contributed by atoms with Crippen molar-refractivity contribution in [3.8, 4) is 0 Å². The maximum absolute atomic E-state index is 13.6. The van der Waals surface area contributed by atoms with E-state index < -0.39 is 23.0 Å². The van der Waals surface area contributed by atoms with E-state index in [1.807, 2.05) is 30.3 Å². The van der Waals surface area contributed by atoms with Crippen LogP contribution in [0, 0.1) is 18.7 Å². The second kappa shape index (κ2) is 10.00. The third kappa shape index (κ3) is 5.66. The van der Waals surface area contributed by atoms with Crippen LogP contribution in [0.25, 0.3) is 0 Å². The van der Waals surface area contributed by atoms with Crippen molar-refractivity contribution in [3.63, 3.8) is 0 Å². The zero-order valence-electron chi connectivity index (χ0n) is 17.9. The van der Waals surface area contributed by atoms with Crippen LogP contribution in [0.4, 0.5) is 10.1 Å². The van der Waals surface area contributed by atoms with Crippen LogP contribution in [0.5, 0.6) is 0 Å². The number of rotatable bonds is 8. The highest BCUT2D eigenvalue weighted by Crippen LogP contribution is 2.21. The molecule has 0 radical (unpaired) electrons. The number of aromatic amines is 1. The molecular weight excluding hydrogens is 413 g/mol. The largest absolute Gasteiger partial charge is 0.328 e. The Hall–Kier alpha value is -3.81. The minimum absolute atomic E-state index is 0.113. The summed E-state index contributed by atoms with van der Waals surface area (Å²) in [5.74, 6) is -1.85. The maximum Gasteiger partial charge on any atom is 0.328 e. The Balaban J connectivity index is 1.83. The van der Waals surface area contributed by atoms with Crippen molar-refractivity contribution >= 4 is 17.4 Å². The van der Waals surface area contributed by atoms with E-state index in [-0.39, 0.29) is 24.7 Å². The van der Waals surface area contributed by atoms with Crippen LogP contribution in [0.1, 0.15) is 17.5 Å². The number of carbonyl (C=O) groups is 2. The lowest BCUT2D eigenvalue weighted by Crippen LogP contribution is -2.37. The molecule has 2 aromatic carbocycles. The third-order valence-corrected chi connectivity index (χ3v) is 5.21. The molecule has 8 heteroatoms. The van der Waals surface area contributed by atoms with E-state index in [9.17, 15) is 23.6 Å². The third-order valence-electron chi connectivity index (χ3n) is 5.21. The summed E-state index contributed by atoms with van der Waals surface area (Å²) in [5.41, 5.74) is 0.376. The number of aryl methyl sites for hydroxylation is 1. The predicted molar refractivity (Wildman–Crippen MR) is 119 cm³/mol. The van der Waals surface area contributed by atoms with Crippen molar-refractivity contribution in [2.75, 3.05) is 11.9 Å². The number of carbonyl (C=O) groups excluding carboxylic acids is 2. The van der Waals surface area contributed by atoms with Gasteiger partial charge in [-0.15, -0.1) is 0 Å². The first-order chi connectivity index (χ1) is 15.2. The molecule has 0 unspecified atom stereocenters. The van der Waals surface area contributed by atoms with Gasteiger partial charge in [-0.05, 0) is 37.1 Å². The molecule has 0 aliphatic carbocycles. The average Bonchev–Trinajstić information content (AvgIpc) is 2.76. The van der Waals surface area contributed by atoms with Gasteiger partial charge in [0, 0.05) is 36.8 Å². The molecule has 0 saturated carbocycles. The molecule has 7 nitrogen and oxygen atoms in total. The predicted octanol–water partition coefficient (Wildman–Crippen LogP) is 2.47. The standard InChI is InChI=1S/C24H24FN3O4/c1-16-14-28(24(32)26-22(16)30)15-21(29)12-18(11-17-7-4-3-5-8-17)23(31)27(2)20-10-6-9-19(25)13-20/h3-10,13-14,18H,11-12,15H2,1-2H3,(H,26,30,32)/t18-/m1/s1. The van der Waals surface area contributed by atoms with Gasteiger partial charge in [0.2, 0.25) is 5.91 Å². The molecule has 0 fully saturated rings. The van der Waals surface area contributed by atoms with Gasteiger partial charge < -0.3 is 4.90 Å². The number of hydrogen-bond acceptors (Lipinski definition) is 4. The SMILES string of the molecule is Cc1cn(CC(=O)C[C@@H](Cc2ccccc2)C(=O)N(C)c2cccc(F)c2)c(=O)[nH]c1=O. The molecule has 1 N–H and O–H groups in total. The van der Waals surface area contributed by atoms with Crippen LogP contribution in [0.3, 0.4) is 0 Å². The van der Waals surface area contributed by atoms with E-state index in [1.54, 1.807) is 6.07 Å². The molecule has 1 atom stereocenters. The molecule has 32 heavy (non-hydrogen) atoms. The molecule has 1 heterocycles. The summed E-state index contributed by atoms with van der Waals surface area (Å²) < 4.78 is 14.8. The lowest BCUT2D eigenvalue weighted by atomic mass is 9.92. The van der Waals surface area contributed by atoms with E-state index in [2.05, 4.69) is 4.98 Å². The zero-order chi connectivity index (χ0) is 23.3. The second-order valence-corrected chi connectivity index (χ2v) is 7.71. The number of ketones is 1. The van der Waals surface area contributed by atoms with Gasteiger partial charge in [-0.1, -0.05) is 36.4 Å². The Labute approximate surface area is 184 Å². The van der Waals surface area contributed by atoms with Crippen LogP contribution in [0.15, 0.2) is 70.4 Å². The Morgan fingerprint density at radius 1 is 1.09 bits per heavy atom. The van der Waals surface area contributed by atoms with Crippen molar-refractivity contribution in [1.29, 1.82) is 0 Å². The van der Waals surface area contributed by atoms with E-state index in [0.717, 1.165) is 10.1 Å². The summed E-state index contributed by atoms with van der Waals surface area (Å²) in [5, 5.41) is 0. The van der Waals surface area contributed by atoms with Crippen LogP contribution >= 0.6 is 0 Å². The Morgan fingerprint density at radius 3 is 2.50 bits per heavy atom. The van der Waals surface area contributed by atoms with Gasteiger partial charge in [0.15, 0.2) is 5.78 Å². The van der Waals surface area contributed by atoms with E-state index in [1.165, 1.54) is 43.3 Å². The van der Waals surface area contributed by atoms with Crippen LogP contribution < -0.4 is 16.1 Å². The first-order valence-electron chi connectivity index (χ1n) is 10.1. The molecule has 0 aliphatic rings. The number of aromatic nitrogens is 2. The number of amides is 1. The summed E-state index contributed by atoms with van der Waals surface area (Å²) in [6, 6.07) is 14.9.